The molecule has 136 valence electrons. The van der Waals surface area contributed by atoms with Crippen LogP contribution in [0.25, 0.3) is 0 Å². The molecule has 2 N–H and O–H groups in total. The highest BCUT2D eigenvalue weighted by molar-refractivity contribution is 7.15. The lowest BCUT2D eigenvalue weighted by Crippen LogP contribution is -2.18. The molecular formula is C18H25ClN4OS. The second-order valence-corrected chi connectivity index (χ2v) is 7.83. The summed E-state index contributed by atoms with van der Waals surface area (Å²) in [6.45, 7) is 6.35. The normalized spacial score (nSPS) is 17.1. The van der Waals surface area contributed by atoms with Gasteiger partial charge in [-0.2, -0.15) is 0 Å². The van der Waals surface area contributed by atoms with Gasteiger partial charge in [-0.05, 0) is 51.3 Å². The number of carbonyl (C=O) groups excluding carboxylic acids is 1. The quantitative estimate of drug-likeness (QED) is 0.803. The highest BCUT2D eigenvalue weighted by Gasteiger charge is 2.27. The van der Waals surface area contributed by atoms with Crippen LogP contribution < -0.4 is 10.6 Å². The fraction of sp³-hybridized carbons (Fsp3) is 0.500. The molecule has 0 spiro atoms. The van der Waals surface area contributed by atoms with Crippen molar-refractivity contribution in [2.24, 2.45) is 5.92 Å². The second kappa shape index (κ2) is 8.74. The molecule has 5 nitrogen and oxygen atoms in total. The van der Waals surface area contributed by atoms with E-state index in [0.29, 0.717) is 17.5 Å². The Hall–Kier alpha value is -1.50. The summed E-state index contributed by atoms with van der Waals surface area (Å²) in [6, 6.07) is 10.2. The van der Waals surface area contributed by atoms with Crippen molar-refractivity contribution in [1.29, 1.82) is 0 Å². The molecule has 1 unspecified atom stereocenters. The van der Waals surface area contributed by atoms with Gasteiger partial charge >= 0.3 is 0 Å². The maximum absolute atomic E-state index is 12.1. The van der Waals surface area contributed by atoms with E-state index in [1.807, 2.05) is 18.2 Å². The molecule has 3 rings (SSSR count). The van der Waals surface area contributed by atoms with Crippen LogP contribution >= 0.6 is 23.7 Å². The average Bonchev–Trinajstić information content (AvgIpc) is 3.26. The SMILES string of the molecule is CC(C)(c1ccccc1)c1nnc(NC(=O)CCC2CCNC2)s1.Cl. The van der Waals surface area contributed by atoms with Crippen LogP contribution in [0.5, 0.6) is 0 Å². The van der Waals surface area contributed by atoms with Crippen LogP contribution in [0.4, 0.5) is 5.13 Å². The molecule has 25 heavy (non-hydrogen) atoms. The molecule has 1 atom stereocenters. The van der Waals surface area contributed by atoms with Crippen molar-refractivity contribution in [1.82, 2.24) is 15.5 Å². The molecular weight excluding hydrogens is 356 g/mol. The predicted octanol–water partition coefficient (Wildman–Crippen LogP) is 3.61. The Morgan fingerprint density at radius 3 is 2.76 bits per heavy atom. The summed E-state index contributed by atoms with van der Waals surface area (Å²) in [5, 5.41) is 16.2. The van der Waals surface area contributed by atoms with Crippen molar-refractivity contribution in [2.75, 3.05) is 18.4 Å². The lowest BCUT2D eigenvalue weighted by Gasteiger charge is -2.21. The van der Waals surface area contributed by atoms with E-state index in [1.165, 1.54) is 23.3 Å². The molecule has 1 aliphatic rings. The van der Waals surface area contributed by atoms with Gasteiger partial charge in [-0.15, -0.1) is 22.6 Å². The minimum Gasteiger partial charge on any atom is -0.316 e. The first kappa shape index (κ1) is 19.8. The number of nitrogens with zero attached hydrogens (tertiary/aromatic N) is 2. The van der Waals surface area contributed by atoms with Crippen LogP contribution in [0.15, 0.2) is 30.3 Å². The van der Waals surface area contributed by atoms with Gasteiger partial charge in [-0.25, -0.2) is 0 Å². The molecule has 7 heteroatoms. The standard InChI is InChI=1S/C18H24N4OS.ClH/c1-18(2,14-6-4-3-5-7-14)16-21-22-17(24-16)20-15(23)9-8-13-10-11-19-12-13;/h3-7,13,19H,8-12H2,1-2H3,(H,20,22,23);1H. The monoisotopic (exact) mass is 380 g/mol. The van der Waals surface area contributed by atoms with E-state index < -0.39 is 0 Å². The topological polar surface area (TPSA) is 66.9 Å². The van der Waals surface area contributed by atoms with Crippen molar-refractivity contribution in [3.8, 4) is 0 Å². The summed E-state index contributed by atoms with van der Waals surface area (Å²) in [5.74, 6) is 0.653. The molecule has 0 bridgehead atoms. The number of carbonyl (C=O) groups is 1. The Balaban J connectivity index is 0.00000225. The molecule has 0 aliphatic carbocycles. The van der Waals surface area contributed by atoms with Gasteiger partial charge in [0.25, 0.3) is 0 Å². The second-order valence-electron chi connectivity index (χ2n) is 6.85. The molecule has 1 amide bonds. The fourth-order valence-corrected chi connectivity index (χ4v) is 3.87. The first-order valence-electron chi connectivity index (χ1n) is 8.46. The van der Waals surface area contributed by atoms with Gasteiger partial charge in [0.05, 0.1) is 0 Å². The van der Waals surface area contributed by atoms with Crippen molar-refractivity contribution in [3.05, 3.63) is 40.9 Å². The van der Waals surface area contributed by atoms with E-state index >= 15 is 0 Å². The van der Waals surface area contributed by atoms with Crippen molar-refractivity contribution in [2.45, 2.75) is 38.5 Å². The summed E-state index contributed by atoms with van der Waals surface area (Å²) in [5.41, 5.74) is 0.963. The number of benzene rings is 1. The zero-order valence-corrected chi connectivity index (χ0v) is 16.3. The third-order valence-electron chi connectivity index (χ3n) is 4.64. The first-order chi connectivity index (χ1) is 11.6. The molecule has 2 aromatic rings. The smallest absolute Gasteiger partial charge is 0.226 e. The number of hydrogen-bond donors (Lipinski definition) is 2. The molecule has 0 saturated carbocycles. The molecule has 1 fully saturated rings. The molecule has 1 aromatic heterocycles. The van der Waals surface area contributed by atoms with E-state index in [-0.39, 0.29) is 23.7 Å². The van der Waals surface area contributed by atoms with E-state index in [9.17, 15) is 4.79 Å². The van der Waals surface area contributed by atoms with E-state index in [1.54, 1.807) is 0 Å². The highest BCUT2D eigenvalue weighted by atomic mass is 35.5. The van der Waals surface area contributed by atoms with Crippen LogP contribution in [0.2, 0.25) is 0 Å². The lowest BCUT2D eigenvalue weighted by molar-refractivity contribution is -0.116. The van der Waals surface area contributed by atoms with Gasteiger partial charge in [0.2, 0.25) is 11.0 Å². The van der Waals surface area contributed by atoms with Crippen LogP contribution in [-0.2, 0) is 10.2 Å². The van der Waals surface area contributed by atoms with Gasteiger partial charge in [0.15, 0.2) is 0 Å². The number of aromatic nitrogens is 2. The minimum absolute atomic E-state index is 0. The van der Waals surface area contributed by atoms with Gasteiger partial charge in [-0.1, -0.05) is 41.7 Å². The third-order valence-corrected chi connectivity index (χ3v) is 5.81. The first-order valence-corrected chi connectivity index (χ1v) is 9.27. The Morgan fingerprint density at radius 2 is 2.08 bits per heavy atom. The zero-order chi connectivity index (χ0) is 17.0. The fourth-order valence-electron chi connectivity index (χ4n) is 2.98. The predicted molar refractivity (Wildman–Crippen MR) is 105 cm³/mol. The number of hydrogen-bond acceptors (Lipinski definition) is 5. The van der Waals surface area contributed by atoms with Crippen molar-refractivity contribution in [3.63, 3.8) is 0 Å². The van der Waals surface area contributed by atoms with E-state index in [0.717, 1.165) is 24.5 Å². The molecule has 2 heterocycles. The number of amides is 1. The maximum atomic E-state index is 12.1. The third kappa shape index (κ3) is 5.00. The maximum Gasteiger partial charge on any atom is 0.226 e. The molecule has 0 radical (unpaired) electrons. The van der Waals surface area contributed by atoms with Crippen molar-refractivity contribution < 1.29 is 4.79 Å². The molecule has 1 aliphatic heterocycles. The number of rotatable bonds is 6. The van der Waals surface area contributed by atoms with Crippen LogP contribution in [-0.4, -0.2) is 29.2 Å². The van der Waals surface area contributed by atoms with Crippen LogP contribution in [0.3, 0.4) is 0 Å². The Labute approximate surface area is 159 Å². The zero-order valence-electron chi connectivity index (χ0n) is 14.6. The van der Waals surface area contributed by atoms with Gasteiger partial charge in [0, 0.05) is 11.8 Å². The number of nitrogens with one attached hydrogen (secondary N) is 2. The summed E-state index contributed by atoms with van der Waals surface area (Å²) in [6.07, 6.45) is 2.64. The van der Waals surface area contributed by atoms with E-state index in [2.05, 4.69) is 46.8 Å². The van der Waals surface area contributed by atoms with Gasteiger partial charge in [0.1, 0.15) is 5.01 Å². The molecule has 1 saturated heterocycles. The summed E-state index contributed by atoms with van der Waals surface area (Å²) in [4.78, 5) is 12.1. The summed E-state index contributed by atoms with van der Waals surface area (Å²) < 4.78 is 0. The lowest BCUT2D eigenvalue weighted by atomic mass is 9.85. The van der Waals surface area contributed by atoms with Crippen LogP contribution in [0, 0.1) is 5.92 Å². The Kier molecular flexibility index (Phi) is 6.93. The Bertz CT molecular complexity index is 683. The molecule has 1 aromatic carbocycles. The Morgan fingerprint density at radius 1 is 1.32 bits per heavy atom. The number of anilines is 1. The van der Waals surface area contributed by atoms with Crippen molar-refractivity contribution >= 4 is 34.8 Å². The van der Waals surface area contributed by atoms with Gasteiger partial charge < -0.3 is 10.6 Å². The van der Waals surface area contributed by atoms with Gasteiger partial charge in [-0.3, -0.25) is 4.79 Å². The number of halogens is 1. The highest BCUT2D eigenvalue weighted by Crippen LogP contribution is 2.34. The average molecular weight is 381 g/mol. The summed E-state index contributed by atoms with van der Waals surface area (Å²) in [7, 11) is 0. The van der Waals surface area contributed by atoms with Crippen LogP contribution in [0.1, 0.15) is 43.7 Å². The summed E-state index contributed by atoms with van der Waals surface area (Å²) >= 11 is 1.45. The van der Waals surface area contributed by atoms with E-state index in [4.69, 9.17) is 0 Å². The minimum atomic E-state index is -0.225. The largest absolute Gasteiger partial charge is 0.316 e.